The van der Waals surface area contributed by atoms with Crippen LogP contribution in [0.25, 0.3) is 6.08 Å². The van der Waals surface area contributed by atoms with Crippen molar-refractivity contribution in [3.63, 3.8) is 0 Å². The monoisotopic (exact) mass is 506 g/mol. The van der Waals surface area contributed by atoms with Crippen LogP contribution in [0.2, 0.25) is 0 Å². The lowest BCUT2D eigenvalue weighted by Crippen LogP contribution is -2.39. The fourth-order valence-corrected chi connectivity index (χ4v) is 3.88. The molecule has 1 saturated carbocycles. The second-order valence-corrected chi connectivity index (χ2v) is 8.07. The molecule has 10 heteroatoms. The highest BCUT2D eigenvalue weighted by atomic mass is 19.3. The SMILES string of the molecule is CCOc1ccc(C(F)(F)OC2CCC(C(F)(F)Oc3ccc(/C=C/CF)cc3)CC2)c(F)c1F. The third-order valence-electron chi connectivity index (χ3n) is 5.66. The number of benzene rings is 2. The number of alkyl halides is 5. The molecule has 0 N–H and O–H groups in total. The Kier molecular flexibility index (Phi) is 8.69. The predicted molar refractivity (Wildman–Crippen MR) is 115 cm³/mol. The van der Waals surface area contributed by atoms with Crippen molar-refractivity contribution in [2.45, 2.75) is 50.9 Å². The number of halogens is 7. The summed E-state index contributed by atoms with van der Waals surface area (Å²) in [5.74, 6) is -5.19. The van der Waals surface area contributed by atoms with E-state index in [-0.39, 0.29) is 38.0 Å². The molecule has 1 aliphatic rings. The van der Waals surface area contributed by atoms with E-state index in [0.29, 0.717) is 11.6 Å². The van der Waals surface area contributed by atoms with Crippen molar-refractivity contribution in [2.24, 2.45) is 5.92 Å². The number of allylic oxidation sites excluding steroid dienone is 1. The summed E-state index contributed by atoms with van der Waals surface area (Å²) < 4.78 is 113. The van der Waals surface area contributed by atoms with Gasteiger partial charge in [0.1, 0.15) is 12.4 Å². The van der Waals surface area contributed by atoms with Gasteiger partial charge in [-0.15, -0.1) is 0 Å². The van der Waals surface area contributed by atoms with E-state index < -0.39 is 53.9 Å². The third-order valence-corrected chi connectivity index (χ3v) is 5.66. The minimum absolute atomic E-state index is 0.0172. The highest BCUT2D eigenvalue weighted by Crippen LogP contribution is 2.42. The van der Waals surface area contributed by atoms with Gasteiger partial charge in [-0.3, -0.25) is 0 Å². The van der Waals surface area contributed by atoms with Gasteiger partial charge in [0.15, 0.2) is 11.6 Å². The summed E-state index contributed by atoms with van der Waals surface area (Å²) in [5, 5.41) is 0. The van der Waals surface area contributed by atoms with Crippen molar-refractivity contribution in [3.8, 4) is 11.5 Å². The van der Waals surface area contributed by atoms with Crippen molar-refractivity contribution < 1.29 is 44.9 Å². The largest absolute Gasteiger partial charge is 0.491 e. The lowest BCUT2D eigenvalue weighted by Gasteiger charge is -2.34. The quantitative estimate of drug-likeness (QED) is 0.310. The Balaban J connectivity index is 1.59. The van der Waals surface area contributed by atoms with Gasteiger partial charge >= 0.3 is 12.2 Å². The lowest BCUT2D eigenvalue weighted by molar-refractivity contribution is -0.286. The van der Waals surface area contributed by atoms with Gasteiger partial charge < -0.3 is 14.2 Å². The second kappa shape index (κ2) is 11.3. The Bertz CT molecular complexity index is 1000. The summed E-state index contributed by atoms with van der Waals surface area (Å²) in [4.78, 5) is 0. The van der Waals surface area contributed by atoms with Crippen molar-refractivity contribution >= 4 is 6.08 Å². The number of rotatable bonds is 10. The predicted octanol–water partition coefficient (Wildman–Crippen LogP) is 7.64. The van der Waals surface area contributed by atoms with Crippen LogP contribution in [0.3, 0.4) is 0 Å². The van der Waals surface area contributed by atoms with Crippen LogP contribution in [0, 0.1) is 17.6 Å². The van der Waals surface area contributed by atoms with Crippen LogP contribution in [0.4, 0.5) is 30.7 Å². The first-order valence-electron chi connectivity index (χ1n) is 11.1. The van der Waals surface area contributed by atoms with E-state index in [1.54, 1.807) is 0 Å². The average molecular weight is 506 g/mol. The lowest BCUT2D eigenvalue weighted by atomic mass is 9.86. The van der Waals surface area contributed by atoms with Crippen LogP contribution in [0.15, 0.2) is 42.5 Å². The maximum absolute atomic E-state index is 14.6. The highest BCUT2D eigenvalue weighted by molar-refractivity contribution is 5.50. The van der Waals surface area contributed by atoms with E-state index in [1.165, 1.54) is 43.3 Å². The summed E-state index contributed by atoms with van der Waals surface area (Å²) in [6.07, 6.45) is -6.73. The fourth-order valence-electron chi connectivity index (χ4n) is 3.88. The van der Waals surface area contributed by atoms with Crippen molar-refractivity contribution in [1.29, 1.82) is 0 Å². The molecule has 192 valence electrons. The highest BCUT2D eigenvalue weighted by Gasteiger charge is 2.46. The summed E-state index contributed by atoms with van der Waals surface area (Å²) in [6, 6.07) is 7.20. The van der Waals surface area contributed by atoms with Crippen molar-refractivity contribution in [2.75, 3.05) is 13.3 Å². The molecule has 0 aromatic heterocycles. The van der Waals surface area contributed by atoms with E-state index in [4.69, 9.17) is 14.2 Å². The Morgan fingerprint density at radius 3 is 2.17 bits per heavy atom. The first-order valence-corrected chi connectivity index (χ1v) is 11.1. The zero-order valence-corrected chi connectivity index (χ0v) is 18.9. The molecule has 2 aromatic rings. The topological polar surface area (TPSA) is 27.7 Å². The first-order chi connectivity index (χ1) is 16.6. The van der Waals surface area contributed by atoms with Gasteiger partial charge in [-0.25, -0.2) is 8.78 Å². The van der Waals surface area contributed by atoms with Gasteiger partial charge in [-0.05, 0) is 62.4 Å². The third kappa shape index (κ3) is 6.68. The van der Waals surface area contributed by atoms with Crippen LogP contribution in [-0.2, 0) is 10.8 Å². The maximum Gasteiger partial charge on any atom is 0.400 e. The number of hydrogen-bond acceptors (Lipinski definition) is 3. The molecule has 0 aliphatic heterocycles. The minimum Gasteiger partial charge on any atom is -0.491 e. The molecule has 0 unspecified atom stereocenters. The van der Waals surface area contributed by atoms with Gasteiger partial charge in [0, 0.05) is 0 Å². The average Bonchev–Trinajstić information content (AvgIpc) is 2.81. The van der Waals surface area contributed by atoms with Crippen molar-refractivity contribution in [1.82, 2.24) is 0 Å². The summed E-state index contributed by atoms with van der Waals surface area (Å²) >= 11 is 0. The Labute approximate surface area is 198 Å². The summed E-state index contributed by atoms with van der Waals surface area (Å²) in [6.45, 7) is 0.891. The van der Waals surface area contributed by atoms with E-state index in [2.05, 4.69) is 0 Å². The molecule has 1 fully saturated rings. The number of ether oxygens (including phenoxy) is 3. The van der Waals surface area contributed by atoms with Gasteiger partial charge in [0.25, 0.3) is 0 Å². The maximum atomic E-state index is 14.6. The molecule has 0 spiro atoms. The van der Waals surface area contributed by atoms with E-state index in [1.807, 2.05) is 0 Å². The smallest absolute Gasteiger partial charge is 0.400 e. The van der Waals surface area contributed by atoms with Crippen LogP contribution < -0.4 is 9.47 Å². The van der Waals surface area contributed by atoms with E-state index in [9.17, 15) is 30.7 Å². The van der Waals surface area contributed by atoms with Crippen LogP contribution in [0.1, 0.15) is 43.7 Å². The molecule has 0 heterocycles. The second-order valence-electron chi connectivity index (χ2n) is 8.07. The molecule has 0 saturated heterocycles. The van der Waals surface area contributed by atoms with Crippen LogP contribution in [0.5, 0.6) is 11.5 Å². The molecule has 0 bridgehead atoms. The van der Waals surface area contributed by atoms with E-state index >= 15 is 0 Å². The van der Waals surface area contributed by atoms with Gasteiger partial charge in [-0.1, -0.05) is 24.3 Å². The first kappa shape index (κ1) is 26.8. The number of hydrogen-bond donors (Lipinski definition) is 0. The molecule has 35 heavy (non-hydrogen) atoms. The summed E-state index contributed by atoms with van der Waals surface area (Å²) in [5.41, 5.74) is -0.681. The minimum atomic E-state index is -4.16. The summed E-state index contributed by atoms with van der Waals surface area (Å²) in [7, 11) is 0. The molecule has 0 amide bonds. The molecular formula is C25H25F7O3. The molecule has 0 atom stereocenters. The Morgan fingerprint density at radius 2 is 1.57 bits per heavy atom. The molecule has 1 aliphatic carbocycles. The Hall–Kier alpha value is -2.75. The van der Waals surface area contributed by atoms with Crippen molar-refractivity contribution in [3.05, 3.63) is 65.2 Å². The van der Waals surface area contributed by atoms with E-state index in [0.717, 1.165) is 6.07 Å². The zero-order chi connectivity index (χ0) is 25.6. The normalized spacial score (nSPS) is 19.2. The Morgan fingerprint density at radius 1 is 0.914 bits per heavy atom. The zero-order valence-electron chi connectivity index (χ0n) is 18.9. The standard InChI is InChI=1S/C25H25F7O3/c1-2-33-21-14-13-20(22(27)23(21)28)25(31,32)35-19-11-7-17(8-12-19)24(29,30)34-18-9-5-16(6-10-18)4-3-15-26/h3-6,9-10,13-14,17,19H,2,7-8,11-12,15H2,1H3/b4-3+. The molecule has 3 nitrogen and oxygen atoms in total. The van der Waals surface area contributed by atoms with Crippen LogP contribution >= 0.6 is 0 Å². The fraction of sp³-hybridized carbons (Fsp3) is 0.440. The molecule has 3 rings (SSSR count). The van der Waals surface area contributed by atoms with Gasteiger partial charge in [0.05, 0.1) is 24.2 Å². The van der Waals surface area contributed by atoms with Gasteiger partial charge in [0.2, 0.25) is 5.82 Å². The molecule has 0 radical (unpaired) electrons. The van der Waals surface area contributed by atoms with Gasteiger partial charge in [-0.2, -0.15) is 22.0 Å². The molecular weight excluding hydrogens is 481 g/mol. The molecule has 2 aromatic carbocycles. The van der Waals surface area contributed by atoms with Crippen LogP contribution in [-0.4, -0.2) is 25.5 Å².